The van der Waals surface area contributed by atoms with Crippen molar-refractivity contribution < 1.29 is 33.8 Å². The third kappa shape index (κ3) is 9.58. The van der Waals surface area contributed by atoms with Crippen LogP contribution in [-0.4, -0.2) is 61.1 Å². The lowest BCUT2D eigenvalue weighted by Crippen LogP contribution is -2.46. The van der Waals surface area contributed by atoms with Gasteiger partial charge in [0, 0.05) is 17.6 Å². The van der Waals surface area contributed by atoms with Gasteiger partial charge >= 0.3 is 5.97 Å². The molecule has 7 nitrogen and oxygen atoms in total. The van der Waals surface area contributed by atoms with E-state index < -0.39 is 5.97 Å². The van der Waals surface area contributed by atoms with Crippen molar-refractivity contribution in [2.75, 3.05) is 33.8 Å². The van der Waals surface area contributed by atoms with Crippen molar-refractivity contribution in [3.8, 4) is 5.75 Å². The van der Waals surface area contributed by atoms with Crippen LogP contribution in [-0.2, 0) is 14.3 Å². The Labute approximate surface area is 154 Å². The molecule has 7 heteroatoms. The highest BCUT2D eigenvalue weighted by atomic mass is 16.5. The van der Waals surface area contributed by atoms with Crippen LogP contribution in [0, 0.1) is 0 Å². The number of aromatic carboxylic acids is 1. The number of nitrogens with zero attached hydrogens (tertiary/aromatic N) is 1. The van der Waals surface area contributed by atoms with Gasteiger partial charge in [0.05, 0.1) is 20.1 Å². The first-order chi connectivity index (χ1) is 12.0. The van der Waals surface area contributed by atoms with Crippen LogP contribution in [0.2, 0.25) is 0 Å². The largest absolute Gasteiger partial charge is 0.545 e. The Morgan fingerprint density at radius 1 is 1.23 bits per heavy atom. The Kier molecular flexibility index (Phi) is 9.91. The lowest BCUT2D eigenvalue weighted by atomic mass is 10.2. The standard InChI is InChI=1S/C12H22NO3.C7H6O3/c1-6-11(14)9-13(4,5)7-8-16-12(15)10(2)3;8-6-4-2-1-3-5(6)7(9)10/h2,6-9H2,1,3-5H3;1-4,8H,(H,9,10)/q+1;/p-1. The Bertz CT molecular complexity index is 651. The molecule has 0 aliphatic rings. The number of para-hydroxylation sites is 1. The summed E-state index contributed by atoms with van der Waals surface area (Å²) in [7, 11) is 3.89. The highest BCUT2D eigenvalue weighted by molar-refractivity contribution is 5.88. The Morgan fingerprint density at radius 3 is 2.23 bits per heavy atom. The number of carbonyl (C=O) groups excluding carboxylic acids is 3. The molecule has 0 radical (unpaired) electrons. The van der Waals surface area contributed by atoms with E-state index in [1.165, 1.54) is 18.2 Å². The van der Waals surface area contributed by atoms with Crippen molar-refractivity contribution in [3.63, 3.8) is 0 Å². The molecule has 26 heavy (non-hydrogen) atoms. The molecule has 0 bridgehead atoms. The molecule has 0 heterocycles. The van der Waals surface area contributed by atoms with Crippen LogP contribution in [0.25, 0.3) is 0 Å². The number of hydrogen-bond acceptors (Lipinski definition) is 6. The lowest BCUT2D eigenvalue weighted by molar-refractivity contribution is -0.882. The number of esters is 1. The quantitative estimate of drug-likeness (QED) is 0.417. The third-order valence-corrected chi connectivity index (χ3v) is 3.40. The van der Waals surface area contributed by atoms with Gasteiger partial charge in [0.15, 0.2) is 5.78 Å². The van der Waals surface area contributed by atoms with E-state index >= 15 is 0 Å². The third-order valence-electron chi connectivity index (χ3n) is 3.40. The van der Waals surface area contributed by atoms with Gasteiger partial charge in [0.25, 0.3) is 0 Å². The smallest absolute Gasteiger partial charge is 0.333 e. The number of quaternary nitrogens is 1. The van der Waals surface area contributed by atoms with Gasteiger partial charge in [-0.15, -0.1) is 0 Å². The highest BCUT2D eigenvalue weighted by Crippen LogP contribution is 2.13. The number of ether oxygens (including phenoxy) is 1. The van der Waals surface area contributed by atoms with Crippen LogP contribution < -0.4 is 5.11 Å². The lowest BCUT2D eigenvalue weighted by Gasteiger charge is -2.28. The molecule has 0 fully saturated rings. The van der Waals surface area contributed by atoms with Crippen LogP contribution in [0.15, 0.2) is 36.4 Å². The number of carboxylic acid groups (broad SMARTS) is 1. The molecule has 0 saturated carbocycles. The minimum absolute atomic E-state index is 0.178. The van der Waals surface area contributed by atoms with E-state index in [9.17, 15) is 19.5 Å². The molecule has 1 N–H and O–H groups in total. The number of phenols is 1. The zero-order chi connectivity index (χ0) is 20.3. The van der Waals surface area contributed by atoms with Crippen LogP contribution in [0.5, 0.6) is 5.75 Å². The van der Waals surface area contributed by atoms with E-state index in [0.717, 1.165) is 0 Å². The Morgan fingerprint density at radius 2 is 1.81 bits per heavy atom. The second-order valence-corrected chi connectivity index (χ2v) is 6.43. The molecule has 144 valence electrons. The van der Waals surface area contributed by atoms with Crippen molar-refractivity contribution in [1.82, 2.24) is 0 Å². The zero-order valence-corrected chi connectivity index (χ0v) is 15.8. The summed E-state index contributed by atoms with van der Waals surface area (Å²) in [6.07, 6.45) is 0.549. The maximum atomic E-state index is 11.3. The van der Waals surface area contributed by atoms with Gasteiger partial charge in [-0.25, -0.2) is 4.79 Å². The predicted octanol–water partition coefficient (Wildman–Crippen LogP) is 0.917. The second kappa shape index (κ2) is 11.0. The minimum atomic E-state index is -1.36. The van der Waals surface area contributed by atoms with Gasteiger partial charge in [0.2, 0.25) is 0 Å². The van der Waals surface area contributed by atoms with Crippen molar-refractivity contribution in [1.29, 1.82) is 0 Å². The van der Waals surface area contributed by atoms with Crippen molar-refractivity contribution in [2.24, 2.45) is 0 Å². The number of benzene rings is 1. The molecule has 0 spiro atoms. The van der Waals surface area contributed by atoms with Gasteiger partial charge in [-0.1, -0.05) is 25.6 Å². The molecule has 0 unspecified atom stereocenters. The first-order valence-corrected chi connectivity index (χ1v) is 8.15. The summed E-state index contributed by atoms with van der Waals surface area (Å²) >= 11 is 0. The predicted molar refractivity (Wildman–Crippen MR) is 95.4 cm³/mol. The molecule has 0 aliphatic carbocycles. The van der Waals surface area contributed by atoms with E-state index in [-0.39, 0.29) is 23.1 Å². The Balaban J connectivity index is 0.000000531. The van der Waals surface area contributed by atoms with Crippen LogP contribution in [0.4, 0.5) is 0 Å². The fraction of sp³-hybridized carbons (Fsp3) is 0.421. The first kappa shape index (κ1) is 23.3. The molecule has 0 saturated heterocycles. The van der Waals surface area contributed by atoms with Crippen molar-refractivity contribution in [2.45, 2.75) is 20.3 Å². The van der Waals surface area contributed by atoms with E-state index in [0.29, 0.717) is 36.2 Å². The van der Waals surface area contributed by atoms with Gasteiger partial charge in [-0.2, -0.15) is 0 Å². The van der Waals surface area contributed by atoms with Crippen molar-refractivity contribution >= 4 is 17.7 Å². The zero-order valence-electron chi connectivity index (χ0n) is 15.8. The fourth-order valence-corrected chi connectivity index (χ4v) is 1.82. The van der Waals surface area contributed by atoms with Crippen LogP contribution >= 0.6 is 0 Å². The van der Waals surface area contributed by atoms with Crippen molar-refractivity contribution in [3.05, 3.63) is 42.0 Å². The monoisotopic (exact) mass is 365 g/mol. The molecule has 1 aromatic carbocycles. The first-order valence-electron chi connectivity index (χ1n) is 8.15. The number of carbonyl (C=O) groups is 3. The summed E-state index contributed by atoms with van der Waals surface area (Å²) in [4.78, 5) is 32.6. The molecular weight excluding hydrogens is 338 g/mol. The van der Waals surface area contributed by atoms with Crippen LogP contribution in [0.3, 0.4) is 0 Å². The molecule has 1 rings (SSSR count). The Hall–Kier alpha value is -2.67. The summed E-state index contributed by atoms with van der Waals surface area (Å²) in [5, 5.41) is 19.0. The molecule has 0 aliphatic heterocycles. The summed E-state index contributed by atoms with van der Waals surface area (Å²) in [5.41, 5.74) is 0.220. The number of Topliss-reactive ketones (excluding diaryl/α,β-unsaturated/α-hetero) is 1. The molecule has 0 aromatic heterocycles. The van der Waals surface area contributed by atoms with Gasteiger partial charge in [0.1, 0.15) is 25.4 Å². The fourth-order valence-electron chi connectivity index (χ4n) is 1.82. The summed E-state index contributed by atoms with van der Waals surface area (Å²) in [6.45, 7) is 8.38. The summed E-state index contributed by atoms with van der Waals surface area (Å²) in [5.74, 6) is -1.78. The van der Waals surface area contributed by atoms with Crippen LogP contribution in [0.1, 0.15) is 30.6 Å². The van der Waals surface area contributed by atoms with Gasteiger partial charge in [-0.05, 0) is 19.1 Å². The number of aromatic hydroxyl groups is 1. The molecule has 0 amide bonds. The van der Waals surface area contributed by atoms with E-state index in [1.807, 2.05) is 21.0 Å². The highest BCUT2D eigenvalue weighted by Gasteiger charge is 2.19. The van der Waals surface area contributed by atoms with E-state index in [1.54, 1.807) is 13.0 Å². The van der Waals surface area contributed by atoms with Gasteiger partial charge in [-0.3, -0.25) is 4.79 Å². The molecule has 1 aromatic rings. The summed E-state index contributed by atoms with van der Waals surface area (Å²) < 4.78 is 5.53. The topological polar surface area (TPSA) is 104 Å². The van der Waals surface area contributed by atoms with Gasteiger partial charge < -0.3 is 24.2 Å². The number of rotatable bonds is 8. The SMILES string of the molecule is C=C(C)C(=O)OCC[N+](C)(C)CC(=O)CC.O=C([O-])c1ccccc1O. The number of likely N-dealkylation sites (N-methyl/N-ethyl adjacent to an activating group) is 1. The second-order valence-electron chi connectivity index (χ2n) is 6.43. The average Bonchev–Trinajstić information content (AvgIpc) is 2.54. The summed E-state index contributed by atoms with van der Waals surface area (Å²) in [6, 6.07) is 5.64. The minimum Gasteiger partial charge on any atom is -0.545 e. The average molecular weight is 365 g/mol. The number of carboxylic acids is 1. The van der Waals surface area contributed by atoms with E-state index in [4.69, 9.17) is 9.84 Å². The maximum absolute atomic E-state index is 11.3. The normalized spacial score (nSPS) is 10.3. The maximum Gasteiger partial charge on any atom is 0.333 e. The molecular formula is C19H27NO6. The number of hydrogen-bond donors (Lipinski definition) is 1. The van der Waals surface area contributed by atoms with E-state index in [2.05, 4.69) is 6.58 Å². The number of ketones is 1. The molecule has 0 atom stereocenters.